The Morgan fingerprint density at radius 1 is 1.25 bits per heavy atom. The minimum Gasteiger partial charge on any atom is -0.370 e. The minimum absolute atomic E-state index is 0.356. The molecule has 6 heteroatoms. The molecule has 1 fully saturated rings. The highest BCUT2D eigenvalue weighted by Crippen LogP contribution is 2.25. The number of rotatable bonds is 4. The minimum atomic E-state index is 0.356. The highest BCUT2D eigenvalue weighted by Gasteiger charge is 2.14. The number of hydrogen-bond acceptors (Lipinski definition) is 6. The molecule has 5 nitrogen and oxygen atoms in total. The summed E-state index contributed by atoms with van der Waals surface area (Å²) in [6, 6.07) is 1.98. The van der Waals surface area contributed by atoms with Crippen molar-refractivity contribution >= 4 is 27.4 Å². The number of nitrogen functional groups attached to an aromatic ring is 1. The number of thiophene rings is 1. The first-order chi connectivity index (χ1) is 9.86. The highest BCUT2D eigenvalue weighted by molar-refractivity contribution is 7.16. The lowest BCUT2D eigenvalue weighted by molar-refractivity contribution is 0.0275. The lowest BCUT2D eigenvalue weighted by atomic mass is 10.1. The average molecular weight is 292 g/mol. The molecule has 0 bridgehead atoms. The molecule has 1 aliphatic rings. The first-order valence-electron chi connectivity index (χ1n) is 7.19. The van der Waals surface area contributed by atoms with E-state index >= 15 is 0 Å². The van der Waals surface area contributed by atoms with Gasteiger partial charge >= 0.3 is 0 Å². The molecule has 0 aliphatic heterocycles. The summed E-state index contributed by atoms with van der Waals surface area (Å²) in [5, 5.41) is 2.96. The van der Waals surface area contributed by atoms with Gasteiger partial charge in [0, 0.05) is 0 Å². The van der Waals surface area contributed by atoms with Crippen LogP contribution < -0.4 is 11.3 Å². The number of hydrogen-bond donors (Lipinski definition) is 2. The molecule has 0 amide bonds. The van der Waals surface area contributed by atoms with E-state index in [-0.39, 0.29) is 0 Å². The van der Waals surface area contributed by atoms with Gasteiger partial charge in [-0.15, -0.1) is 11.3 Å². The van der Waals surface area contributed by atoms with Gasteiger partial charge in [-0.3, -0.25) is 0 Å². The molecule has 0 saturated heterocycles. The number of fused-ring (bicyclic) bond motifs is 1. The standard InChI is InChI=1S/C14H20N4OS/c15-18-13-11-7-8-20-14(11)17-12(16-13)9-19-10-5-3-1-2-4-6-10/h7-8,10H,1-6,9,15H2,(H,16,17,18). The number of nitrogens with two attached hydrogens (primary N) is 1. The topological polar surface area (TPSA) is 73.1 Å². The number of ether oxygens (including phenoxy) is 1. The molecule has 3 N–H and O–H groups in total. The van der Waals surface area contributed by atoms with Crippen LogP contribution in [0.5, 0.6) is 0 Å². The molecule has 108 valence electrons. The van der Waals surface area contributed by atoms with E-state index in [2.05, 4.69) is 15.4 Å². The van der Waals surface area contributed by atoms with Crippen molar-refractivity contribution in [3.8, 4) is 0 Å². The summed E-state index contributed by atoms with van der Waals surface area (Å²) < 4.78 is 5.99. The molecular weight excluding hydrogens is 272 g/mol. The van der Waals surface area contributed by atoms with Crippen molar-refractivity contribution in [1.82, 2.24) is 9.97 Å². The van der Waals surface area contributed by atoms with E-state index < -0.39 is 0 Å². The number of anilines is 1. The molecule has 1 saturated carbocycles. The van der Waals surface area contributed by atoms with Gasteiger partial charge < -0.3 is 10.2 Å². The monoisotopic (exact) mass is 292 g/mol. The Morgan fingerprint density at radius 3 is 2.80 bits per heavy atom. The number of nitrogens with zero attached hydrogens (tertiary/aromatic N) is 2. The van der Waals surface area contributed by atoms with Crippen LogP contribution in [0, 0.1) is 0 Å². The maximum absolute atomic E-state index is 5.99. The molecular formula is C14H20N4OS. The van der Waals surface area contributed by atoms with Gasteiger partial charge in [-0.2, -0.15) is 0 Å². The van der Waals surface area contributed by atoms with Gasteiger partial charge in [0.2, 0.25) is 0 Å². The largest absolute Gasteiger partial charge is 0.370 e. The molecule has 2 heterocycles. The van der Waals surface area contributed by atoms with Crippen molar-refractivity contribution in [2.75, 3.05) is 5.43 Å². The normalized spacial score (nSPS) is 17.2. The van der Waals surface area contributed by atoms with Crippen LogP contribution in [0.15, 0.2) is 11.4 Å². The first-order valence-corrected chi connectivity index (χ1v) is 8.07. The van der Waals surface area contributed by atoms with Crippen LogP contribution in [0.25, 0.3) is 10.2 Å². The third-order valence-electron chi connectivity index (χ3n) is 3.76. The second-order valence-electron chi connectivity index (χ2n) is 5.20. The maximum atomic E-state index is 5.99. The third kappa shape index (κ3) is 3.08. The van der Waals surface area contributed by atoms with E-state index in [4.69, 9.17) is 10.6 Å². The summed E-state index contributed by atoms with van der Waals surface area (Å²) in [6.45, 7) is 0.465. The molecule has 2 aromatic rings. The van der Waals surface area contributed by atoms with E-state index in [0.29, 0.717) is 24.4 Å². The van der Waals surface area contributed by atoms with Gasteiger partial charge in [0.1, 0.15) is 11.4 Å². The summed E-state index contributed by atoms with van der Waals surface area (Å²) in [5.74, 6) is 6.91. The Kier molecular flexibility index (Phi) is 4.44. The summed E-state index contributed by atoms with van der Waals surface area (Å²) in [5.41, 5.74) is 2.64. The van der Waals surface area contributed by atoms with Crippen LogP contribution in [-0.4, -0.2) is 16.1 Å². The van der Waals surface area contributed by atoms with E-state index in [9.17, 15) is 0 Å². The Labute approximate surface area is 122 Å². The molecule has 0 radical (unpaired) electrons. The van der Waals surface area contributed by atoms with Crippen LogP contribution in [0.1, 0.15) is 44.3 Å². The van der Waals surface area contributed by atoms with Gasteiger partial charge in [-0.25, -0.2) is 15.8 Å². The Balaban J connectivity index is 1.70. The number of nitrogens with one attached hydrogen (secondary N) is 1. The average Bonchev–Trinajstić information content (AvgIpc) is 2.79. The number of hydrazine groups is 1. The van der Waals surface area contributed by atoms with Crippen molar-refractivity contribution in [2.45, 2.75) is 51.2 Å². The van der Waals surface area contributed by atoms with Gasteiger partial charge in [0.25, 0.3) is 0 Å². The molecule has 1 aliphatic carbocycles. The first kappa shape index (κ1) is 13.7. The van der Waals surface area contributed by atoms with Crippen LogP contribution >= 0.6 is 11.3 Å². The maximum Gasteiger partial charge on any atom is 0.158 e. The smallest absolute Gasteiger partial charge is 0.158 e. The van der Waals surface area contributed by atoms with Crippen molar-refractivity contribution in [3.05, 3.63) is 17.3 Å². The molecule has 0 atom stereocenters. The Morgan fingerprint density at radius 2 is 2.05 bits per heavy atom. The zero-order chi connectivity index (χ0) is 13.8. The SMILES string of the molecule is NNc1nc(COC2CCCCCC2)nc2sccc12. The van der Waals surface area contributed by atoms with Crippen LogP contribution in [0.3, 0.4) is 0 Å². The van der Waals surface area contributed by atoms with Crippen molar-refractivity contribution in [2.24, 2.45) is 5.84 Å². The predicted molar refractivity (Wildman–Crippen MR) is 81.5 cm³/mol. The Hall–Kier alpha value is -1.24. The van der Waals surface area contributed by atoms with Gasteiger partial charge in [-0.05, 0) is 24.3 Å². The van der Waals surface area contributed by atoms with Gasteiger partial charge in [0.05, 0.1) is 11.5 Å². The summed E-state index contributed by atoms with van der Waals surface area (Å²) in [4.78, 5) is 9.92. The van der Waals surface area contributed by atoms with Crippen LogP contribution in [0.2, 0.25) is 0 Å². The fourth-order valence-corrected chi connectivity index (χ4v) is 3.46. The highest BCUT2D eigenvalue weighted by atomic mass is 32.1. The molecule has 0 unspecified atom stereocenters. The fourth-order valence-electron chi connectivity index (χ4n) is 2.68. The predicted octanol–water partition coefficient (Wildman–Crippen LogP) is 3.22. The van der Waals surface area contributed by atoms with Gasteiger partial charge in [0.15, 0.2) is 11.6 Å². The van der Waals surface area contributed by atoms with Gasteiger partial charge in [-0.1, -0.05) is 25.7 Å². The van der Waals surface area contributed by atoms with Crippen molar-refractivity contribution < 1.29 is 4.74 Å². The molecule has 0 aromatic carbocycles. The quantitative estimate of drug-likeness (QED) is 0.514. The summed E-state index contributed by atoms with van der Waals surface area (Å²) >= 11 is 1.59. The lowest BCUT2D eigenvalue weighted by Crippen LogP contribution is -2.14. The van der Waals surface area contributed by atoms with E-state index in [1.54, 1.807) is 11.3 Å². The van der Waals surface area contributed by atoms with Crippen LogP contribution in [-0.2, 0) is 11.3 Å². The zero-order valence-corrected chi connectivity index (χ0v) is 12.3. The summed E-state index contributed by atoms with van der Waals surface area (Å²) in [6.07, 6.45) is 7.87. The fraction of sp³-hybridized carbons (Fsp3) is 0.571. The van der Waals surface area contributed by atoms with Crippen molar-refractivity contribution in [1.29, 1.82) is 0 Å². The molecule has 3 rings (SSSR count). The molecule has 2 aromatic heterocycles. The zero-order valence-electron chi connectivity index (χ0n) is 11.5. The van der Waals surface area contributed by atoms with E-state index in [0.717, 1.165) is 23.1 Å². The molecule has 0 spiro atoms. The van der Waals surface area contributed by atoms with E-state index in [1.807, 2.05) is 11.4 Å². The third-order valence-corrected chi connectivity index (χ3v) is 4.57. The van der Waals surface area contributed by atoms with Crippen molar-refractivity contribution in [3.63, 3.8) is 0 Å². The molecule has 20 heavy (non-hydrogen) atoms. The lowest BCUT2D eigenvalue weighted by Gasteiger charge is -2.15. The summed E-state index contributed by atoms with van der Waals surface area (Å²) in [7, 11) is 0. The number of aromatic nitrogens is 2. The van der Waals surface area contributed by atoms with E-state index in [1.165, 1.54) is 25.7 Å². The van der Waals surface area contributed by atoms with Crippen LogP contribution in [0.4, 0.5) is 5.82 Å². The Bertz CT molecular complexity index is 563. The second-order valence-corrected chi connectivity index (χ2v) is 6.09. The second kappa shape index (κ2) is 6.47.